The Balaban J connectivity index is 2.47. The van der Waals surface area contributed by atoms with E-state index < -0.39 is 11.6 Å². The van der Waals surface area contributed by atoms with Crippen LogP contribution in [0.15, 0.2) is 36.4 Å². The molecule has 1 fully saturated rings. The fourth-order valence-electron chi connectivity index (χ4n) is 4.73. The van der Waals surface area contributed by atoms with Crippen LogP contribution in [0, 0.1) is 18.3 Å². The smallest absolute Gasteiger partial charge is 0.223 e. The summed E-state index contributed by atoms with van der Waals surface area (Å²) in [4.78, 5) is 27.9. The van der Waals surface area contributed by atoms with E-state index in [1.54, 1.807) is 14.2 Å². The van der Waals surface area contributed by atoms with Crippen LogP contribution in [-0.2, 0) is 20.9 Å². The van der Waals surface area contributed by atoms with Crippen LogP contribution in [0.3, 0.4) is 0 Å². The third kappa shape index (κ3) is 6.61. The molecule has 2 amide bonds. The second-order valence-electron chi connectivity index (χ2n) is 8.77. The summed E-state index contributed by atoms with van der Waals surface area (Å²) in [5.41, 5.74) is 0.357. The number of allylic oxidation sites excluding steroid dienone is 1. The minimum atomic E-state index is -0.645. The van der Waals surface area contributed by atoms with Crippen LogP contribution in [0.5, 0.6) is 5.75 Å². The van der Waals surface area contributed by atoms with Gasteiger partial charge in [-0.05, 0) is 38.0 Å². The Labute approximate surface area is 198 Å². The third-order valence-corrected chi connectivity index (χ3v) is 6.51. The van der Waals surface area contributed by atoms with E-state index >= 15 is 0 Å². The first-order chi connectivity index (χ1) is 15.8. The zero-order valence-electron chi connectivity index (χ0n) is 20.6. The Bertz CT molecular complexity index is 858. The van der Waals surface area contributed by atoms with Crippen molar-refractivity contribution in [1.82, 2.24) is 10.2 Å². The number of likely N-dealkylation sites (tertiary alicyclic amines) is 1. The summed E-state index contributed by atoms with van der Waals surface area (Å²) >= 11 is 0. The molecule has 1 saturated heterocycles. The standard InChI is InChI=1S/C27H38N2O4/c1-7-10-12-23(30)28-26(27(4,33-6)17-9-3)25-21(11-8-2)18-24(31)29(25)19-20-13-15-22(32-5)16-14-20/h1,8,11,13-16,21,25-26H,9-10,12,17-19H2,2-6H3,(H,28,30)/b11-8-/t21-,25-,26-,27+/m1/s1. The highest BCUT2D eigenvalue weighted by atomic mass is 16.5. The molecule has 0 spiro atoms. The van der Waals surface area contributed by atoms with Crippen molar-refractivity contribution in [3.8, 4) is 18.1 Å². The van der Waals surface area contributed by atoms with E-state index in [2.05, 4.69) is 24.2 Å². The molecular weight excluding hydrogens is 416 g/mol. The zero-order valence-corrected chi connectivity index (χ0v) is 20.6. The normalized spacial score (nSPS) is 21.0. The Morgan fingerprint density at radius 3 is 2.61 bits per heavy atom. The van der Waals surface area contributed by atoms with Gasteiger partial charge in [0.05, 0.1) is 24.8 Å². The van der Waals surface area contributed by atoms with Gasteiger partial charge < -0.3 is 19.7 Å². The molecule has 1 N–H and O–H groups in total. The number of amides is 2. The zero-order chi connectivity index (χ0) is 24.4. The van der Waals surface area contributed by atoms with Gasteiger partial charge in [-0.3, -0.25) is 9.59 Å². The van der Waals surface area contributed by atoms with Crippen molar-refractivity contribution in [3.05, 3.63) is 42.0 Å². The van der Waals surface area contributed by atoms with Gasteiger partial charge in [0.25, 0.3) is 0 Å². The van der Waals surface area contributed by atoms with Crippen LogP contribution < -0.4 is 10.1 Å². The van der Waals surface area contributed by atoms with E-state index in [0.717, 1.165) is 24.2 Å². The first-order valence-electron chi connectivity index (χ1n) is 11.7. The maximum atomic E-state index is 13.2. The molecule has 33 heavy (non-hydrogen) atoms. The van der Waals surface area contributed by atoms with Crippen molar-refractivity contribution in [3.63, 3.8) is 0 Å². The predicted molar refractivity (Wildman–Crippen MR) is 131 cm³/mol. The molecule has 0 unspecified atom stereocenters. The van der Waals surface area contributed by atoms with Gasteiger partial charge in [-0.1, -0.05) is 37.6 Å². The van der Waals surface area contributed by atoms with E-state index in [0.29, 0.717) is 19.4 Å². The Kier molecular flexibility index (Phi) is 9.99. The van der Waals surface area contributed by atoms with E-state index in [4.69, 9.17) is 15.9 Å². The number of benzene rings is 1. The fraction of sp³-hybridized carbons (Fsp3) is 0.556. The molecule has 1 aromatic rings. The van der Waals surface area contributed by atoms with Crippen LogP contribution in [0.4, 0.5) is 0 Å². The second kappa shape index (κ2) is 12.5. The Morgan fingerprint density at radius 2 is 2.06 bits per heavy atom. The first-order valence-corrected chi connectivity index (χ1v) is 11.7. The minimum Gasteiger partial charge on any atom is -0.497 e. The molecule has 0 radical (unpaired) electrons. The quantitative estimate of drug-likeness (QED) is 0.382. The van der Waals surface area contributed by atoms with Crippen molar-refractivity contribution in [2.24, 2.45) is 5.92 Å². The molecule has 1 aromatic carbocycles. The lowest BCUT2D eigenvalue weighted by molar-refractivity contribution is -0.135. The second-order valence-corrected chi connectivity index (χ2v) is 8.77. The number of terminal acetylenes is 1. The molecule has 180 valence electrons. The monoisotopic (exact) mass is 454 g/mol. The molecule has 0 aromatic heterocycles. The Hall–Kier alpha value is -2.78. The summed E-state index contributed by atoms with van der Waals surface area (Å²) < 4.78 is 11.3. The van der Waals surface area contributed by atoms with Crippen LogP contribution in [0.2, 0.25) is 0 Å². The largest absolute Gasteiger partial charge is 0.497 e. The van der Waals surface area contributed by atoms with Crippen molar-refractivity contribution < 1.29 is 19.1 Å². The molecule has 4 atom stereocenters. The van der Waals surface area contributed by atoms with Crippen molar-refractivity contribution in [2.75, 3.05) is 14.2 Å². The maximum Gasteiger partial charge on any atom is 0.223 e. The fourth-order valence-corrected chi connectivity index (χ4v) is 4.73. The van der Waals surface area contributed by atoms with Crippen molar-refractivity contribution in [1.29, 1.82) is 0 Å². The average Bonchev–Trinajstić information content (AvgIpc) is 3.11. The lowest BCUT2D eigenvalue weighted by Crippen LogP contribution is -2.62. The van der Waals surface area contributed by atoms with Gasteiger partial charge in [-0.15, -0.1) is 12.3 Å². The SMILES string of the molecule is C#CCCC(=O)N[C@H]([C@H]1[C@H](/C=C\C)CC(=O)N1Cc1ccc(OC)cc1)[C@](C)(CCC)OC. The highest BCUT2D eigenvalue weighted by Gasteiger charge is 2.50. The van der Waals surface area contributed by atoms with E-state index in [1.165, 1.54) is 0 Å². The average molecular weight is 455 g/mol. The lowest BCUT2D eigenvalue weighted by atomic mass is 9.80. The molecule has 2 rings (SSSR count). The lowest BCUT2D eigenvalue weighted by Gasteiger charge is -2.44. The van der Waals surface area contributed by atoms with Crippen molar-refractivity contribution >= 4 is 11.8 Å². The van der Waals surface area contributed by atoms with Crippen LogP contribution in [0.25, 0.3) is 0 Å². The maximum absolute atomic E-state index is 13.2. The highest BCUT2D eigenvalue weighted by molar-refractivity contribution is 5.81. The number of carbonyl (C=O) groups is 2. The predicted octanol–water partition coefficient (Wildman–Crippen LogP) is 4.09. The van der Waals surface area contributed by atoms with Gasteiger partial charge >= 0.3 is 0 Å². The number of ether oxygens (including phenoxy) is 2. The van der Waals surface area contributed by atoms with E-state index in [9.17, 15) is 9.59 Å². The number of nitrogens with one attached hydrogen (secondary N) is 1. The molecule has 6 nitrogen and oxygen atoms in total. The minimum absolute atomic E-state index is 0.0370. The topological polar surface area (TPSA) is 67.9 Å². The summed E-state index contributed by atoms with van der Waals surface area (Å²) in [7, 11) is 3.30. The molecule has 1 heterocycles. The van der Waals surface area contributed by atoms with Gasteiger partial charge in [0.2, 0.25) is 11.8 Å². The van der Waals surface area contributed by atoms with E-state index in [1.807, 2.05) is 49.1 Å². The number of hydrogen-bond acceptors (Lipinski definition) is 4. The molecule has 0 saturated carbocycles. The van der Waals surface area contributed by atoms with Crippen LogP contribution in [0.1, 0.15) is 58.4 Å². The molecule has 1 aliphatic heterocycles. The number of carbonyl (C=O) groups excluding carboxylic acids is 2. The molecule has 0 aliphatic carbocycles. The molecule has 0 bridgehead atoms. The Morgan fingerprint density at radius 1 is 1.36 bits per heavy atom. The number of hydrogen-bond donors (Lipinski definition) is 1. The summed E-state index contributed by atoms with van der Waals surface area (Å²) in [6, 6.07) is 7.08. The van der Waals surface area contributed by atoms with E-state index in [-0.39, 0.29) is 30.2 Å². The van der Waals surface area contributed by atoms with Crippen LogP contribution in [-0.4, -0.2) is 48.6 Å². The van der Waals surface area contributed by atoms with Gasteiger partial charge in [0.1, 0.15) is 5.75 Å². The van der Waals surface area contributed by atoms with Gasteiger partial charge in [-0.2, -0.15) is 0 Å². The molecule has 1 aliphatic rings. The third-order valence-electron chi connectivity index (χ3n) is 6.51. The highest BCUT2D eigenvalue weighted by Crippen LogP contribution is 2.37. The molecule has 6 heteroatoms. The van der Waals surface area contributed by atoms with Gasteiger partial charge in [0.15, 0.2) is 0 Å². The summed E-state index contributed by atoms with van der Waals surface area (Å²) in [5, 5.41) is 3.21. The number of nitrogens with zero attached hydrogens (tertiary/aromatic N) is 1. The summed E-state index contributed by atoms with van der Waals surface area (Å²) in [6.07, 6.45) is 12.1. The summed E-state index contributed by atoms with van der Waals surface area (Å²) in [6.45, 7) is 6.51. The number of rotatable bonds is 12. The van der Waals surface area contributed by atoms with Crippen molar-refractivity contribution in [2.45, 2.75) is 77.1 Å². The number of methoxy groups -OCH3 is 2. The van der Waals surface area contributed by atoms with Crippen LogP contribution >= 0.6 is 0 Å². The van der Waals surface area contributed by atoms with Gasteiger partial charge in [0, 0.05) is 38.8 Å². The molecular formula is C27H38N2O4. The first kappa shape index (κ1) is 26.5. The van der Waals surface area contributed by atoms with Gasteiger partial charge in [-0.25, -0.2) is 0 Å². The summed E-state index contributed by atoms with van der Waals surface area (Å²) in [5.74, 6) is 3.20.